The lowest BCUT2D eigenvalue weighted by Gasteiger charge is -2.43. The Kier molecular flexibility index (Phi) is 5.91. The van der Waals surface area contributed by atoms with Crippen molar-refractivity contribution in [3.63, 3.8) is 0 Å². The van der Waals surface area contributed by atoms with Crippen molar-refractivity contribution in [2.75, 3.05) is 13.2 Å². The molecule has 3 heterocycles. The molecule has 0 saturated carbocycles. The SMILES string of the molecule is NN/C(=C\[NH2+]c1ccc(C(N)=O)cc1)[C@@H]1C[C@]2(CCN1)OCCc1cc(Cl)sc12. The van der Waals surface area contributed by atoms with Crippen LogP contribution in [0.4, 0.5) is 5.69 Å². The third-order valence-corrected chi connectivity index (χ3v) is 7.08. The van der Waals surface area contributed by atoms with E-state index in [-0.39, 0.29) is 11.6 Å². The molecule has 1 fully saturated rings. The van der Waals surface area contributed by atoms with E-state index in [2.05, 4.69) is 16.8 Å². The average Bonchev–Trinajstić information content (AvgIpc) is 3.11. The lowest BCUT2D eigenvalue weighted by Crippen LogP contribution is -2.72. The third-order valence-electron chi connectivity index (χ3n) is 5.59. The largest absolute Gasteiger partial charge is 0.369 e. The molecule has 9 heteroatoms. The van der Waals surface area contributed by atoms with Crippen LogP contribution in [0.2, 0.25) is 4.34 Å². The van der Waals surface area contributed by atoms with Crippen molar-refractivity contribution in [2.24, 2.45) is 11.6 Å². The van der Waals surface area contributed by atoms with Crippen LogP contribution in [0.15, 0.2) is 42.2 Å². The van der Waals surface area contributed by atoms with Crippen LogP contribution in [0.25, 0.3) is 0 Å². The highest BCUT2D eigenvalue weighted by Crippen LogP contribution is 2.47. The molecule has 2 aromatic rings. The number of ether oxygens (including phenoxy) is 1. The van der Waals surface area contributed by atoms with Gasteiger partial charge < -0.3 is 21.2 Å². The Morgan fingerprint density at radius 3 is 2.93 bits per heavy atom. The van der Waals surface area contributed by atoms with Gasteiger partial charge >= 0.3 is 0 Å². The highest BCUT2D eigenvalue weighted by molar-refractivity contribution is 7.16. The number of amides is 1. The summed E-state index contributed by atoms with van der Waals surface area (Å²) in [5.41, 5.74) is 11.4. The summed E-state index contributed by atoms with van der Waals surface area (Å²) in [7, 11) is 0. The molecule has 29 heavy (non-hydrogen) atoms. The minimum atomic E-state index is -0.436. The summed E-state index contributed by atoms with van der Waals surface area (Å²) in [5, 5.41) is 5.50. The molecule has 4 rings (SSSR count). The maximum absolute atomic E-state index is 11.2. The number of primary amides is 1. The van der Waals surface area contributed by atoms with E-state index in [9.17, 15) is 4.79 Å². The van der Waals surface area contributed by atoms with E-state index < -0.39 is 5.91 Å². The van der Waals surface area contributed by atoms with Gasteiger partial charge in [-0.3, -0.25) is 16.0 Å². The van der Waals surface area contributed by atoms with E-state index in [0.717, 1.165) is 41.5 Å². The first-order valence-electron chi connectivity index (χ1n) is 9.58. The van der Waals surface area contributed by atoms with Crippen LogP contribution >= 0.6 is 22.9 Å². The standard InChI is InChI=1S/C20H24ClN5O2S/c21-17-9-13-5-8-28-20(18(13)29-17)6-7-24-15(10-20)16(26-23)11-25-14-3-1-12(2-4-14)19(22)27/h1-4,9,11,15,24-26H,5-8,10,23H2,(H2,22,27)/p+1/b16-11-/t15-,20-/m0/s1. The minimum Gasteiger partial charge on any atom is -0.369 e. The number of halogens is 1. The molecule has 8 N–H and O–H groups in total. The lowest BCUT2D eigenvalue weighted by atomic mass is 9.82. The van der Waals surface area contributed by atoms with Crippen molar-refractivity contribution in [2.45, 2.75) is 30.9 Å². The zero-order valence-corrected chi connectivity index (χ0v) is 17.5. The number of fused-ring (bicyclic) bond motifs is 2. The van der Waals surface area contributed by atoms with Gasteiger partial charge in [0.25, 0.3) is 0 Å². The van der Waals surface area contributed by atoms with Gasteiger partial charge in [0, 0.05) is 29.0 Å². The molecular formula is C20H25ClN5O2S+. The van der Waals surface area contributed by atoms with Crippen LogP contribution in [0.3, 0.4) is 0 Å². The van der Waals surface area contributed by atoms with Crippen LogP contribution in [0, 0.1) is 0 Å². The Labute approximate surface area is 178 Å². The Morgan fingerprint density at radius 2 is 2.21 bits per heavy atom. The number of rotatable bonds is 5. The van der Waals surface area contributed by atoms with Gasteiger partial charge in [0.1, 0.15) is 17.5 Å². The Morgan fingerprint density at radius 1 is 1.41 bits per heavy atom. The molecule has 1 aromatic heterocycles. The first-order valence-corrected chi connectivity index (χ1v) is 10.8. The normalized spacial score (nSPS) is 24.3. The lowest BCUT2D eigenvalue weighted by molar-refractivity contribution is -0.497. The molecule has 1 amide bonds. The van der Waals surface area contributed by atoms with E-state index in [1.54, 1.807) is 23.5 Å². The van der Waals surface area contributed by atoms with Gasteiger partial charge in [-0.05, 0) is 43.1 Å². The Hall–Kier alpha value is -1.94. The number of nitrogens with one attached hydrogen (secondary N) is 2. The molecule has 7 nitrogen and oxygen atoms in total. The summed E-state index contributed by atoms with van der Waals surface area (Å²) in [6.45, 7) is 1.53. The van der Waals surface area contributed by atoms with Crippen LogP contribution in [0.5, 0.6) is 0 Å². The number of carbonyl (C=O) groups excluding carboxylic acids is 1. The first kappa shape index (κ1) is 20.3. The van der Waals surface area contributed by atoms with Gasteiger partial charge in [-0.15, -0.1) is 11.3 Å². The van der Waals surface area contributed by atoms with Crippen molar-refractivity contribution >= 4 is 34.5 Å². The second-order valence-corrected chi connectivity index (χ2v) is 9.06. The van der Waals surface area contributed by atoms with Crippen molar-refractivity contribution in [1.82, 2.24) is 10.7 Å². The molecule has 0 radical (unpaired) electrons. The number of piperidine rings is 1. The summed E-state index contributed by atoms with van der Waals surface area (Å²) in [6.07, 6.45) is 4.55. The summed E-state index contributed by atoms with van der Waals surface area (Å²) in [6, 6.07) is 9.23. The number of quaternary nitrogens is 1. The Bertz CT molecular complexity index is 929. The molecule has 0 bridgehead atoms. The number of thiophene rings is 1. The fraction of sp³-hybridized carbons (Fsp3) is 0.350. The highest BCUT2D eigenvalue weighted by atomic mass is 35.5. The zero-order valence-electron chi connectivity index (χ0n) is 15.9. The number of nitrogens with two attached hydrogens (primary N) is 3. The summed E-state index contributed by atoms with van der Waals surface area (Å²) in [4.78, 5) is 12.5. The van der Waals surface area contributed by atoms with Crippen LogP contribution < -0.4 is 27.6 Å². The summed E-state index contributed by atoms with van der Waals surface area (Å²) < 4.78 is 7.15. The molecule has 2 aliphatic rings. The predicted molar refractivity (Wildman–Crippen MR) is 114 cm³/mol. The first-order chi connectivity index (χ1) is 14.0. The van der Waals surface area contributed by atoms with Gasteiger partial charge in [0.05, 0.1) is 22.7 Å². The van der Waals surface area contributed by atoms with Gasteiger partial charge in [-0.2, -0.15) is 0 Å². The molecule has 1 spiro atoms. The summed E-state index contributed by atoms with van der Waals surface area (Å²) >= 11 is 7.92. The van der Waals surface area contributed by atoms with Crippen molar-refractivity contribution in [3.8, 4) is 0 Å². The molecule has 0 aliphatic carbocycles. The fourth-order valence-corrected chi connectivity index (χ4v) is 5.59. The van der Waals surface area contributed by atoms with Crippen LogP contribution in [-0.4, -0.2) is 25.1 Å². The van der Waals surface area contributed by atoms with Crippen molar-refractivity contribution in [3.05, 3.63) is 62.6 Å². The average molecular weight is 435 g/mol. The van der Waals surface area contributed by atoms with E-state index in [1.165, 1.54) is 10.4 Å². The van der Waals surface area contributed by atoms with Gasteiger partial charge in [-0.1, -0.05) is 11.6 Å². The van der Waals surface area contributed by atoms with Crippen LogP contribution in [-0.2, 0) is 16.8 Å². The van der Waals surface area contributed by atoms with Gasteiger partial charge in [0.15, 0.2) is 0 Å². The second-order valence-electron chi connectivity index (χ2n) is 7.38. The molecule has 2 atom stereocenters. The molecule has 1 aromatic carbocycles. The number of carbonyl (C=O) groups is 1. The maximum Gasteiger partial charge on any atom is 0.248 e. The number of hydrogen-bond acceptors (Lipinski definition) is 6. The molecule has 1 saturated heterocycles. The van der Waals surface area contributed by atoms with E-state index in [0.29, 0.717) is 12.2 Å². The molecular weight excluding hydrogens is 410 g/mol. The van der Waals surface area contributed by atoms with Gasteiger partial charge in [0.2, 0.25) is 5.91 Å². The monoisotopic (exact) mass is 434 g/mol. The second kappa shape index (κ2) is 8.43. The maximum atomic E-state index is 11.2. The molecule has 154 valence electrons. The topological polar surface area (TPSA) is 119 Å². The third kappa shape index (κ3) is 4.18. The fourth-order valence-electron chi connectivity index (χ4n) is 4.11. The highest BCUT2D eigenvalue weighted by Gasteiger charge is 2.44. The predicted octanol–water partition coefficient (Wildman–Crippen LogP) is 1.22. The molecule has 0 unspecified atom stereocenters. The number of hydrogen-bond donors (Lipinski definition) is 5. The summed E-state index contributed by atoms with van der Waals surface area (Å²) in [5.74, 6) is 5.41. The van der Waals surface area contributed by atoms with Crippen molar-refractivity contribution in [1.29, 1.82) is 0 Å². The van der Waals surface area contributed by atoms with E-state index in [1.807, 2.05) is 23.6 Å². The van der Waals surface area contributed by atoms with Crippen LogP contribution in [0.1, 0.15) is 33.6 Å². The van der Waals surface area contributed by atoms with E-state index in [4.69, 9.17) is 27.9 Å². The van der Waals surface area contributed by atoms with E-state index >= 15 is 0 Å². The molecule has 2 aliphatic heterocycles. The smallest absolute Gasteiger partial charge is 0.248 e. The number of benzene rings is 1. The minimum absolute atomic E-state index is 0.0294. The quantitative estimate of drug-likeness (QED) is 0.275. The zero-order chi connectivity index (χ0) is 20.4. The Balaban J connectivity index is 1.52. The van der Waals surface area contributed by atoms with Crippen molar-refractivity contribution < 1.29 is 14.8 Å². The number of hydrazine groups is 1. The van der Waals surface area contributed by atoms with Gasteiger partial charge in [-0.25, -0.2) is 0 Å².